The Morgan fingerprint density at radius 3 is 2.43 bits per heavy atom. The summed E-state index contributed by atoms with van der Waals surface area (Å²) < 4.78 is 27.4. The molecule has 0 aromatic heterocycles. The van der Waals surface area contributed by atoms with Gasteiger partial charge in [-0.3, -0.25) is 4.79 Å². The number of nitrogens with one attached hydrogen (secondary N) is 1. The largest absolute Gasteiger partial charge is 0.349 e. The van der Waals surface area contributed by atoms with E-state index in [4.69, 9.17) is 0 Å². The Morgan fingerprint density at radius 1 is 1.13 bits per heavy atom. The first-order valence-electron chi connectivity index (χ1n) is 8.09. The third-order valence-corrected chi connectivity index (χ3v) is 7.16. The van der Waals surface area contributed by atoms with E-state index >= 15 is 0 Å². The summed E-state index contributed by atoms with van der Waals surface area (Å²) in [5.41, 5.74) is 0.386. The van der Waals surface area contributed by atoms with Crippen LogP contribution in [0, 0.1) is 0 Å². The Kier molecular flexibility index (Phi) is 5.08. The van der Waals surface area contributed by atoms with Crippen LogP contribution in [-0.4, -0.2) is 37.8 Å². The standard InChI is InChI=1S/C16H21BrN2O3S/c17-15-8-7-13(23(21,22)19-9-3-4-10-19)11-14(15)16(20)18-12-5-1-2-6-12/h7-8,11-12H,1-6,9-10H2,(H,18,20). The zero-order chi connectivity index (χ0) is 16.4. The zero-order valence-electron chi connectivity index (χ0n) is 12.9. The van der Waals surface area contributed by atoms with Gasteiger partial charge in [0, 0.05) is 23.6 Å². The quantitative estimate of drug-likeness (QED) is 0.844. The highest BCUT2D eigenvalue weighted by molar-refractivity contribution is 9.10. The van der Waals surface area contributed by atoms with Crippen LogP contribution in [0.2, 0.25) is 0 Å². The molecule has 1 saturated heterocycles. The minimum absolute atomic E-state index is 0.194. The fourth-order valence-corrected chi connectivity index (χ4v) is 5.22. The van der Waals surface area contributed by atoms with Crippen molar-refractivity contribution in [2.45, 2.75) is 49.5 Å². The number of carbonyl (C=O) groups is 1. The number of benzene rings is 1. The third-order valence-electron chi connectivity index (χ3n) is 4.58. The van der Waals surface area contributed by atoms with Crippen LogP contribution >= 0.6 is 15.9 Å². The van der Waals surface area contributed by atoms with Crippen LogP contribution in [0.1, 0.15) is 48.9 Å². The summed E-state index contributed by atoms with van der Waals surface area (Å²) in [4.78, 5) is 12.7. The smallest absolute Gasteiger partial charge is 0.252 e. The van der Waals surface area contributed by atoms with Gasteiger partial charge in [0.15, 0.2) is 0 Å². The van der Waals surface area contributed by atoms with Gasteiger partial charge in [0.2, 0.25) is 10.0 Å². The fraction of sp³-hybridized carbons (Fsp3) is 0.562. The minimum atomic E-state index is -3.51. The second-order valence-electron chi connectivity index (χ2n) is 6.21. The average molecular weight is 401 g/mol. The van der Waals surface area contributed by atoms with E-state index in [1.165, 1.54) is 10.4 Å². The maximum Gasteiger partial charge on any atom is 0.252 e. The molecule has 3 rings (SSSR count). The van der Waals surface area contributed by atoms with E-state index in [0.717, 1.165) is 38.5 Å². The number of halogens is 1. The summed E-state index contributed by atoms with van der Waals surface area (Å²) in [5, 5.41) is 3.01. The number of hydrogen-bond acceptors (Lipinski definition) is 3. The predicted molar refractivity (Wildman–Crippen MR) is 91.9 cm³/mol. The molecule has 1 aliphatic carbocycles. The molecule has 0 radical (unpaired) electrons. The van der Waals surface area contributed by atoms with Crippen LogP contribution in [0.3, 0.4) is 0 Å². The summed E-state index contributed by atoms with van der Waals surface area (Å²) in [6.45, 7) is 1.12. The van der Waals surface area contributed by atoms with Gasteiger partial charge in [-0.05, 0) is 59.8 Å². The van der Waals surface area contributed by atoms with Gasteiger partial charge in [-0.25, -0.2) is 8.42 Å². The van der Waals surface area contributed by atoms with Gasteiger partial charge in [0.25, 0.3) is 5.91 Å². The van der Waals surface area contributed by atoms with E-state index in [1.54, 1.807) is 12.1 Å². The molecule has 0 bridgehead atoms. The van der Waals surface area contributed by atoms with Crippen LogP contribution in [0.5, 0.6) is 0 Å². The molecule has 1 N–H and O–H groups in total. The average Bonchev–Trinajstić information content (AvgIpc) is 3.20. The first kappa shape index (κ1) is 16.9. The number of rotatable bonds is 4. The van der Waals surface area contributed by atoms with E-state index in [-0.39, 0.29) is 16.8 Å². The molecule has 7 heteroatoms. The van der Waals surface area contributed by atoms with Gasteiger partial charge in [-0.15, -0.1) is 0 Å². The van der Waals surface area contributed by atoms with Gasteiger partial charge in [-0.1, -0.05) is 12.8 Å². The zero-order valence-corrected chi connectivity index (χ0v) is 15.3. The maximum absolute atomic E-state index is 12.6. The molecule has 1 heterocycles. The summed E-state index contributed by atoms with van der Waals surface area (Å²) in [7, 11) is -3.51. The van der Waals surface area contributed by atoms with Crippen LogP contribution < -0.4 is 5.32 Å². The Hall–Kier alpha value is -0.920. The molecule has 0 spiro atoms. The molecule has 1 aromatic carbocycles. The Morgan fingerprint density at radius 2 is 1.78 bits per heavy atom. The van der Waals surface area contributed by atoms with Crippen molar-refractivity contribution in [1.29, 1.82) is 0 Å². The van der Waals surface area contributed by atoms with Crippen LogP contribution in [0.4, 0.5) is 0 Å². The minimum Gasteiger partial charge on any atom is -0.349 e. The lowest BCUT2D eigenvalue weighted by atomic mass is 10.2. The van der Waals surface area contributed by atoms with Gasteiger partial charge in [0.1, 0.15) is 0 Å². The number of sulfonamides is 1. The molecule has 23 heavy (non-hydrogen) atoms. The Balaban J connectivity index is 1.85. The highest BCUT2D eigenvalue weighted by atomic mass is 79.9. The number of nitrogens with zero attached hydrogens (tertiary/aromatic N) is 1. The highest BCUT2D eigenvalue weighted by Gasteiger charge is 2.28. The monoisotopic (exact) mass is 400 g/mol. The second-order valence-corrected chi connectivity index (χ2v) is 9.00. The first-order chi connectivity index (χ1) is 11.0. The predicted octanol–water partition coefficient (Wildman–Crippen LogP) is 2.91. The van der Waals surface area contributed by atoms with Crippen molar-refractivity contribution in [2.75, 3.05) is 13.1 Å². The molecular weight excluding hydrogens is 380 g/mol. The molecule has 1 aliphatic heterocycles. The Labute approximate surface area is 145 Å². The topological polar surface area (TPSA) is 66.5 Å². The molecule has 2 fully saturated rings. The van der Waals surface area contributed by atoms with Gasteiger partial charge < -0.3 is 5.32 Å². The first-order valence-corrected chi connectivity index (χ1v) is 10.3. The van der Waals surface area contributed by atoms with E-state index < -0.39 is 10.0 Å². The van der Waals surface area contributed by atoms with Crippen molar-refractivity contribution in [2.24, 2.45) is 0 Å². The molecule has 126 valence electrons. The van der Waals surface area contributed by atoms with E-state index in [0.29, 0.717) is 23.1 Å². The van der Waals surface area contributed by atoms with Crippen molar-refractivity contribution in [3.8, 4) is 0 Å². The molecule has 0 unspecified atom stereocenters. The van der Waals surface area contributed by atoms with Crippen molar-refractivity contribution < 1.29 is 13.2 Å². The van der Waals surface area contributed by atoms with Crippen molar-refractivity contribution in [3.63, 3.8) is 0 Å². The van der Waals surface area contributed by atoms with Crippen LogP contribution in [0.25, 0.3) is 0 Å². The number of hydrogen-bond donors (Lipinski definition) is 1. The molecule has 1 aromatic rings. The molecule has 2 aliphatic rings. The van der Waals surface area contributed by atoms with Gasteiger partial charge in [0.05, 0.1) is 10.5 Å². The second kappa shape index (κ2) is 6.91. The lowest BCUT2D eigenvalue weighted by molar-refractivity contribution is 0.0937. The summed E-state index contributed by atoms with van der Waals surface area (Å²) in [5.74, 6) is -0.206. The summed E-state index contributed by atoms with van der Waals surface area (Å²) in [6, 6.07) is 4.90. The van der Waals surface area contributed by atoms with Crippen LogP contribution in [-0.2, 0) is 10.0 Å². The van der Waals surface area contributed by atoms with Crippen molar-refractivity contribution in [3.05, 3.63) is 28.2 Å². The summed E-state index contributed by atoms with van der Waals surface area (Å²) >= 11 is 3.36. The fourth-order valence-electron chi connectivity index (χ4n) is 3.25. The molecule has 5 nitrogen and oxygen atoms in total. The normalized spacial score (nSPS) is 20.0. The summed E-state index contributed by atoms with van der Waals surface area (Å²) in [6.07, 6.45) is 6.05. The highest BCUT2D eigenvalue weighted by Crippen LogP contribution is 2.26. The number of amides is 1. The SMILES string of the molecule is O=C(NC1CCCC1)c1cc(S(=O)(=O)N2CCCC2)ccc1Br. The van der Waals surface area contributed by atoms with Crippen molar-refractivity contribution in [1.82, 2.24) is 9.62 Å². The molecular formula is C16H21BrN2O3S. The lowest BCUT2D eigenvalue weighted by Gasteiger charge is -2.17. The van der Waals surface area contributed by atoms with Crippen molar-refractivity contribution >= 4 is 31.9 Å². The molecule has 0 atom stereocenters. The third kappa shape index (κ3) is 3.61. The maximum atomic E-state index is 12.6. The van der Waals surface area contributed by atoms with Gasteiger partial charge in [-0.2, -0.15) is 4.31 Å². The molecule has 1 amide bonds. The van der Waals surface area contributed by atoms with E-state index in [9.17, 15) is 13.2 Å². The molecule has 1 saturated carbocycles. The lowest BCUT2D eigenvalue weighted by Crippen LogP contribution is -2.33. The van der Waals surface area contributed by atoms with E-state index in [2.05, 4.69) is 21.2 Å². The Bertz CT molecular complexity index is 693. The van der Waals surface area contributed by atoms with E-state index in [1.807, 2.05) is 0 Å². The van der Waals surface area contributed by atoms with Gasteiger partial charge >= 0.3 is 0 Å². The van der Waals surface area contributed by atoms with Crippen LogP contribution in [0.15, 0.2) is 27.6 Å². The number of carbonyl (C=O) groups excluding carboxylic acids is 1.